The number of aryl methyl sites for hydroxylation is 1. The Hall–Kier alpha value is -3.73. The summed E-state index contributed by atoms with van der Waals surface area (Å²) in [5.74, 6) is -0.852. The second-order valence-corrected chi connectivity index (χ2v) is 9.89. The zero-order valence-corrected chi connectivity index (χ0v) is 23.3. The fourth-order valence-corrected chi connectivity index (χ4v) is 4.88. The van der Waals surface area contributed by atoms with Gasteiger partial charge in [0.2, 0.25) is 0 Å². The van der Waals surface area contributed by atoms with Crippen LogP contribution in [-0.4, -0.2) is 69.0 Å². The minimum absolute atomic E-state index is 0.289. The number of carbonyl (C=O) groups excluding carboxylic acids is 1. The molecule has 1 aromatic carbocycles. The molecular formula is C30H35FN6O3. The number of fused-ring (bicyclic) bond motifs is 1. The lowest BCUT2D eigenvalue weighted by Gasteiger charge is -2.29. The average molecular weight is 547 g/mol. The molecule has 0 aliphatic carbocycles. The number of ether oxygens (including phenoxy) is 2. The highest BCUT2D eigenvalue weighted by Gasteiger charge is 2.17. The third kappa shape index (κ3) is 6.19. The number of rotatable bonds is 9. The minimum atomic E-state index is -0.435. The number of nitrogens with zero attached hydrogens (tertiary/aromatic N) is 6. The fraction of sp³-hybridized carbons (Fsp3) is 0.400. The van der Waals surface area contributed by atoms with Crippen LogP contribution in [-0.2, 0) is 22.5 Å². The van der Waals surface area contributed by atoms with Gasteiger partial charge in [-0.25, -0.2) is 28.7 Å². The van der Waals surface area contributed by atoms with Crippen LogP contribution in [0.1, 0.15) is 54.9 Å². The van der Waals surface area contributed by atoms with Gasteiger partial charge in [-0.3, -0.25) is 4.98 Å². The number of hydrazine groups is 1. The molecule has 40 heavy (non-hydrogen) atoms. The van der Waals surface area contributed by atoms with Crippen molar-refractivity contribution in [2.24, 2.45) is 0 Å². The second kappa shape index (κ2) is 12.6. The van der Waals surface area contributed by atoms with Crippen molar-refractivity contribution in [3.8, 4) is 22.5 Å². The van der Waals surface area contributed by atoms with Crippen molar-refractivity contribution in [3.05, 3.63) is 71.4 Å². The Morgan fingerprint density at radius 2 is 1.88 bits per heavy atom. The van der Waals surface area contributed by atoms with E-state index in [0.717, 1.165) is 30.9 Å². The van der Waals surface area contributed by atoms with Crippen molar-refractivity contribution in [3.63, 3.8) is 0 Å². The Kier molecular flexibility index (Phi) is 8.78. The molecule has 0 bridgehead atoms. The van der Waals surface area contributed by atoms with Gasteiger partial charge in [0.15, 0.2) is 5.65 Å². The van der Waals surface area contributed by atoms with Gasteiger partial charge in [0.05, 0.1) is 35.9 Å². The van der Waals surface area contributed by atoms with E-state index in [0.29, 0.717) is 47.1 Å². The van der Waals surface area contributed by atoms with Crippen LogP contribution in [0.3, 0.4) is 0 Å². The van der Waals surface area contributed by atoms with Crippen molar-refractivity contribution in [1.82, 2.24) is 29.6 Å². The largest absolute Gasteiger partial charge is 0.462 e. The van der Waals surface area contributed by atoms with E-state index < -0.39 is 11.8 Å². The van der Waals surface area contributed by atoms with Gasteiger partial charge in [0.25, 0.3) is 0 Å². The molecule has 210 valence electrons. The van der Waals surface area contributed by atoms with E-state index >= 15 is 4.39 Å². The smallest absolute Gasteiger partial charge is 0.339 e. The monoisotopic (exact) mass is 546 g/mol. The highest BCUT2D eigenvalue weighted by atomic mass is 19.1. The summed E-state index contributed by atoms with van der Waals surface area (Å²) in [6.45, 7) is 7.04. The Balaban J connectivity index is 1.33. The normalized spacial score (nSPS) is 14.9. The lowest BCUT2D eigenvalue weighted by molar-refractivity contribution is -0.0919. The molecule has 0 saturated carbocycles. The number of aromatic nitrogens is 4. The highest BCUT2D eigenvalue weighted by Crippen LogP contribution is 2.28. The maximum Gasteiger partial charge on any atom is 0.339 e. The van der Waals surface area contributed by atoms with Gasteiger partial charge in [-0.2, -0.15) is 5.10 Å². The van der Waals surface area contributed by atoms with Crippen LogP contribution >= 0.6 is 0 Å². The first-order valence-corrected chi connectivity index (χ1v) is 13.8. The SMILES string of the molecule is CCOC(=O)c1ccc(-c2ccc(-c3cc4nc(COCN5CCCCCN5C)cc(CC)n4n3)c(F)c2)nc1. The fourth-order valence-electron chi connectivity index (χ4n) is 4.88. The number of esters is 1. The molecule has 3 aromatic heterocycles. The van der Waals surface area contributed by atoms with Crippen LogP contribution in [0.5, 0.6) is 0 Å². The summed E-state index contributed by atoms with van der Waals surface area (Å²) in [5.41, 5.74) is 4.83. The summed E-state index contributed by atoms with van der Waals surface area (Å²) in [7, 11) is 2.10. The van der Waals surface area contributed by atoms with E-state index in [9.17, 15) is 4.79 Å². The quantitative estimate of drug-likeness (QED) is 0.267. The Bertz CT molecular complexity index is 1470. The molecule has 4 heterocycles. The third-order valence-corrected chi connectivity index (χ3v) is 7.10. The van der Waals surface area contributed by atoms with Crippen molar-refractivity contribution in [2.75, 3.05) is 33.5 Å². The van der Waals surface area contributed by atoms with Gasteiger partial charge >= 0.3 is 5.97 Å². The third-order valence-electron chi connectivity index (χ3n) is 7.10. The first-order valence-electron chi connectivity index (χ1n) is 13.8. The average Bonchev–Trinajstić information content (AvgIpc) is 3.28. The maximum absolute atomic E-state index is 15.3. The lowest BCUT2D eigenvalue weighted by atomic mass is 10.1. The minimum Gasteiger partial charge on any atom is -0.462 e. The highest BCUT2D eigenvalue weighted by molar-refractivity contribution is 5.89. The van der Waals surface area contributed by atoms with Crippen LogP contribution in [0.15, 0.2) is 48.7 Å². The number of carbonyl (C=O) groups is 1. The number of pyridine rings is 1. The van der Waals surface area contributed by atoms with Crippen molar-refractivity contribution in [2.45, 2.75) is 46.1 Å². The van der Waals surface area contributed by atoms with Crippen LogP contribution in [0.4, 0.5) is 4.39 Å². The van der Waals surface area contributed by atoms with E-state index in [4.69, 9.17) is 14.5 Å². The van der Waals surface area contributed by atoms with Crippen molar-refractivity contribution >= 4 is 11.6 Å². The molecule has 10 heteroatoms. The topological polar surface area (TPSA) is 85.1 Å². The molecule has 9 nitrogen and oxygen atoms in total. The molecule has 0 radical (unpaired) electrons. The van der Waals surface area contributed by atoms with Gasteiger partial charge in [-0.15, -0.1) is 0 Å². The zero-order valence-electron chi connectivity index (χ0n) is 23.3. The van der Waals surface area contributed by atoms with Crippen LogP contribution in [0.25, 0.3) is 28.2 Å². The van der Waals surface area contributed by atoms with E-state index in [-0.39, 0.29) is 6.61 Å². The first kappa shape index (κ1) is 27.8. The molecule has 0 amide bonds. The zero-order chi connectivity index (χ0) is 28.1. The Labute approximate surface area is 233 Å². The summed E-state index contributed by atoms with van der Waals surface area (Å²) in [5, 5.41) is 9.14. The Morgan fingerprint density at radius 3 is 2.62 bits per heavy atom. The molecule has 5 rings (SSSR count). The summed E-state index contributed by atoms with van der Waals surface area (Å²) < 4.78 is 28.1. The predicted molar refractivity (Wildman–Crippen MR) is 150 cm³/mol. The molecule has 1 aliphatic rings. The van der Waals surface area contributed by atoms with Gasteiger partial charge in [-0.1, -0.05) is 19.4 Å². The van der Waals surface area contributed by atoms with Crippen LogP contribution in [0, 0.1) is 5.82 Å². The molecule has 1 aliphatic heterocycles. The second-order valence-electron chi connectivity index (χ2n) is 9.89. The van der Waals surface area contributed by atoms with Crippen LogP contribution in [0.2, 0.25) is 0 Å². The van der Waals surface area contributed by atoms with Gasteiger partial charge in [0, 0.05) is 49.2 Å². The van der Waals surface area contributed by atoms with Gasteiger partial charge in [0.1, 0.15) is 12.5 Å². The summed E-state index contributed by atoms with van der Waals surface area (Å²) in [6.07, 6.45) is 5.81. The summed E-state index contributed by atoms with van der Waals surface area (Å²) in [4.78, 5) is 20.9. The predicted octanol–water partition coefficient (Wildman–Crippen LogP) is 5.14. The Morgan fingerprint density at radius 1 is 1.02 bits per heavy atom. The molecule has 1 fully saturated rings. The summed E-state index contributed by atoms with van der Waals surface area (Å²) >= 11 is 0. The maximum atomic E-state index is 15.3. The lowest BCUT2D eigenvalue weighted by Crippen LogP contribution is -2.40. The molecule has 0 N–H and O–H groups in total. The number of benzene rings is 1. The number of hydrogen-bond donors (Lipinski definition) is 0. The molecule has 0 spiro atoms. The first-order chi connectivity index (χ1) is 19.5. The van der Waals surface area contributed by atoms with Gasteiger partial charge < -0.3 is 9.47 Å². The standard InChI is InChI=1S/C30H35FN6O3/c1-4-24-16-23(19-39-20-36-14-8-6-7-13-35(36)3)33-29-17-28(34-37(24)29)25-11-9-21(15-26(25)31)27-12-10-22(18-32-27)30(38)40-5-2/h9-12,15-18H,4-8,13-14,19-20H2,1-3H3. The van der Waals surface area contributed by atoms with E-state index in [1.807, 2.05) is 6.07 Å². The van der Waals surface area contributed by atoms with Crippen LogP contribution < -0.4 is 0 Å². The van der Waals surface area contributed by atoms with E-state index in [1.54, 1.807) is 41.8 Å². The molecule has 0 unspecified atom stereocenters. The number of halogens is 1. The summed E-state index contributed by atoms with van der Waals surface area (Å²) in [6, 6.07) is 12.0. The molecule has 4 aromatic rings. The molecule has 0 atom stereocenters. The van der Waals surface area contributed by atoms with E-state index in [1.165, 1.54) is 31.5 Å². The van der Waals surface area contributed by atoms with Crippen molar-refractivity contribution < 1.29 is 18.7 Å². The van der Waals surface area contributed by atoms with Gasteiger partial charge in [-0.05, 0) is 56.5 Å². The van der Waals surface area contributed by atoms with Crippen molar-refractivity contribution in [1.29, 1.82) is 0 Å². The molecular weight excluding hydrogens is 511 g/mol. The molecule has 1 saturated heterocycles. The number of hydrogen-bond acceptors (Lipinski definition) is 8. The van der Waals surface area contributed by atoms with E-state index in [2.05, 4.69) is 34.1 Å².